The summed E-state index contributed by atoms with van der Waals surface area (Å²) in [4.78, 5) is 23.3. The van der Waals surface area contributed by atoms with E-state index in [4.69, 9.17) is 0 Å². The first kappa shape index (κ1) is 10.0. The molecule has 1 aromatic rings. The summed E-state index contributed by atoms with van der Waals surface area (Å²) < 4.78 is 24.5. The second-order valence-electron chi connectivity index (χ2n) is 2.24. The quantitative estimate of drug-likeness (QED) is 0.645. The molecule has 0 fully saturated rings. The van der Waals surface area contributed by atoms with Crippen molar-refractivity contribution in [2.75, 3.05) is 0 Å². The molecule has 0 radical (unpaired) electrons. The van der Waals surface area contributed by atoms with Crippen LogP contribution in [0.25, 0.3) is 0 Å². The van der Waals surface area contributed by atoms with Crippen molar-refractivity contribution in [3.63, 3.8) is 0 Å². The lowest BCUT2D eigenvalue weighted by molar-refractivity contribution is 0.110. The Labute approximate surface area is 79.9 Å². The van der Waals surface area contributed by atoms with Crippen molar-refractivity contribution in [1.82, 2.24) is 4.98 Å². The van der Waals surface area contributed by atoms with Gasteiger partial charge in [0.05, 0.1) is 10.2 Å². The molecule has 1 aromatic heterocycles. The monoisotopic (exact) mass is 251 g/mol. The number of carbonyl (C=O) groups is 1. The third kappa shape index (κ3) is 2.00. The zero-order chi connectivity index (χ0) is 10.0. The van der Waals surface area contributed by atoms with Crippen molar-refractivity contribution in [2.24, 2.45) is 0 Å². The number of hydrogen-bond donors (Lipinski definition) is 1. The molecule has 1 N–H and O–H groups in total. The minimum absolute atomic E-state index is 0.0229. The average Bonchev–Trinajstić information content (AvgIpc) is 2.02. The van der Waals surface area contributed by atoms with Gasteiger partial charge in [0, 0.05) is 11.6 Å². The average molecular weight is 252 g/mol. The zero-order valence-electron chi connectivity index (χ0n) is 6.18. The fourth-order valence-electron chi connectivity index (χ4n) is 0.858. The van der Waals surface area contributed by atoms with Crippen molar-refractivity contribution in [3.8, 4) is 0 Å². The van der Waals surface area contributed by atoms with E-state index in [1.165, 1.54) is 0 Å². The van der Waals surface area contributed by atoms with E-state index in [1.54, 1.807) is 0 Å². The molecule has 0 bridgehead atoms. The molecule has 0 aliphatic carbocycles. The van der Waals surface area contributed by atoms with Crippen molar-refractivity contribution in [1.29, 1.82) is 0 Å². The predicted octanol–water partition coefficient (Wildman–Crippen LogP) is 1.89. The normalized spacial score (nSPS) is 10.5. The van der Waals surface area contributed by atoms with Crippen LogP contribution in [0.3, 0.4) is 0 Å². The first-order chi connectivity index (χ1) is 6.06. The molecule has 1 heterocycles. The summed E-state index contributed by atoms with van der Waals surface area (Å²) in [6.45, 7) is 0. The molecule has 0 saturated heterocycles. The number of alkyl halides is 2. The van der Waals surface area contributed by atoms with Crippen LogP contribution in [0, 0.1) is 0 Å². The summed E-state index contributed by atoms with van der Waals surface area (Å²) in [5.41, 5.74) is -1.46. The molecule has 70 valence electrons. The van der Waals surface area contributed by atoms with Gasteiger partial charge >= 0.3 is 0 Å². The van der Waals surface area contributed by atoms with E-state index in [0.717, 1.165) is 0 Å². The first-order valence-electron chi connectivity index (χ1n) is 3.22. The Morgan fingerprint density at radius 2 is 2.15 bits per heavy atom. The smallest absolute Gasteiger partial charge is 0.264 e. The third-order valence-corrected chi connectivity index (χ3v) is 2.05. The SMILES string of the molecule is O=Cc1c(C(F)F)cc(=O)[nH]c1Br. The first-order valence-corrected chi connectivity index (χ1v) is 4.01. The fraction of sp³-hybridized carbons (Fsp3) is 0.143. The number of H-pyrrole nitrogens is 1. The fourth-order valence-corrected chi connectivity index (χ4v) is 1.38. The van der Waals surface area contributed by atoms with Gasteiger partial charge in [0.25, 0.3) is 6.43 Å². The van der Waals surface area contributed by atoms with Gasteiger partial charge in [0.15, 0.2) is 6.29 Å². The Kier molecular flexibility index (Phi) is 2.92. The molecule has 0 atom stereocenters. The van der Waals surface area contributed by atoms with E-state index in [0.29, 0.717) is 6.07 Å². The molecular weight excluding hydrogens is 248 g/mol. The van der Waals surface area contributed by atoms with Gasteiger partial charge < -0.3 is 4.98 Å². The van der Waals surface area contributed by atoms with Gasteiger partial charge in [-0.05, 0) is 15.9 Å². The number of hydrogen-bond acceptors (Lipinski definition) is 2. The van der Waals surface area contributed by atoms with Gasteiger partial charge in [-0.25, -0.2) is 8.78 Å². The van der Waals surface area contributed by atoms with Crippen LogP contribution in [0.15, 0.2) is 15.5 Å². The minimum Gasteiger partial charge on any atom is -0.316 e. The van der Waals surface area contributed by atoms with Crippen molar-refractivity contribution >= 4 is 22.2 Å². The van der Waals surface area contributed by atoms with Crippen LogP contribution in [0.5, 0.6) is 0 Å². The maximum Gasteiger partial charge on any atom is 0.264 e. The van der Waals surface area contributed by atoms with Gasteiger partial charge in [0.1, 0.15) is 0 Å². The highest BCUT2D eigenvalue weighted by Gasteiger charge is 2.16. The zero-order valence-corrected chi connectivity index (χ0v) is 7.77. The number of rotatable bonds is 2. The molecule has 0 amide bonds. The second-order valence-corrected chi connectivity index (χ2v) is 3.03. The molecule has 0 aliphatic rings. The Hall–Kier alpha value is -1.04. The summed E-state index contributed by atoms with van der Waals surface area (Å²) >= 11 is 2.81. The lowest BCUT2D eigenvalue weighted by atomic mass is 10.1. The van der Waals surface area contributed by atoms with E-state index in [-0.39, 0.29) is 16.5 Å². The van der Waals surface area contributed by atoms with Crippen molar-refractivity contribution in [3.05, 3.63) is 32.2 Å². The molecule has 1 rings (SSSR count). The summed E-state index contributed by atoms with van der Waals surface area (Å²) in [6.07, 6.45) is -2.57. The molecule has 0 aliphatic heterocycles. The number of aromatic amines is 1. The molecule has 3 nitrogen and oxygen atoms in total. The summed E-state index contributed by atoms with van der Waals surface area (Å²) in [5, 5.41) is 0. The molecule has 0 unspecified atom stereocenters. The maximum absolute atomic E-state index is 12.2. The minimum atomic E-state index is -2.83. The van der Waals surface area contributed by atoms with Gasteiger partial charge in [-0.1, -0.05) is 0 Å². The van der Waals surface area contributed by atoms with Crippen LogP contribution in [-0.2, 0) is 0 Å². The van der Waals surface area contributed by atoms with Crippen LogP contribution < -0.4 is 5.56 Å². The van der Waals surface area contributed by atoms with E-state index in [1.807, 2.05) is 0 Å². The topological polar surface area (TPSA) is 49.9 Å². The Balaban J connectivity index is 3.47. The van der Waals surface area contributed by atoms with Gasteiger partial charge in [-0.3, -0.25) is 9.59 Å². The molecule has 13 heavy (non-hydrogen) atoms. The number of halogens is 3. The van der Waals surface area contributed by atoms with Crippen LogP contribution in [-0.4, -0.2) is 11.3 Å². The summed E-state index contributed by atoms with van der Waals surface area (Å²) in [7, 11) is 0. The summed E-state index contributed by atoms with van der Waals surface area (Å²) in [6, 6.07) is 0.707. The van der Waals surface area contributed by atoms with E-state index < -0.39 is 17.5 Å². The van der Waals surface area contributed by atoms with E-state index in [2.05, 4.69) is 20.9 Å². The molecule has 0 saturated carbocycles. The molecule has 0 spiro atoms. The van der Waals surface area contributed by atoms with E-state index in [9.17, 15) is 18.4 Å². The van der Waals surface area contributed by atoms with Crippen LogP contribution in [0.4, 0.5) is 8.78 Å². The highest BCUT2D eigenvalue weighted by molar-refractivity contribution is 9.10. The number of pyridine rings is 1. The predicted molar refractivity (Wildman–Crippen MR) is 45.1 cm³/mol. The van der Waals surface area contributed by atoms with Gasteiger partial charge in [0.2, 0.25) is 5.56 Å². The van der Waals surface area contributed by atoms with Gasteiger partial charge in [-0.2, -0.15) is 0 Å². The molecule has 6 heteroatoms. The highest BCUT2D eigenvalue weighted by Crippen LogP contribution is 2.23. The Bertz CT molecular complexity index is 389. The number of carbonyl (C=O) groups excluding carboxylic acids is 1. The number of nitrogens with one attached hydrogen (secondary N) is 1. The van der Waals surface area contributed by atoms with Crippen LogP contribution in [0.1, 0.15) is 22.3 Å². The third-order valence-electron chi connectivity index (χ3n) is 1.42. The van der Waals surface area contributed by atoms with Crippen molar-refractivity contribution in [2.45, 2.75) is 6.43 Å². The Morgan fingerprint density at radius 1 is 1.54 bits per heavy atom. The van der Waals surface area contributed by atoms with Crippen molar-refractivity contribution < 1.29 is 13.6 Å². The number of aromatic nitrogens is 1. The van der Waals surface area contributed by atoms with Crippen LogP contribution >= 0.6 is 15.9 Å². The second kappa shape index (κ2) is 3.78. The summed E-state index contributed by atoms with van der Waals surface area (Å²) in [5.74, 6) is 0. The molecule has 0 aromatic carbocycles. The number of aldehydes is 1. The Morgan fingerprint density at radius 3 is 2.62 bits per heavy atom. The van der Waals surface area contributed by atoms with Crippen LogP contribution in [0.2, 0.25) is 0 Å². The van der Waals surface area contributed by atoms with E-state index >= 15 is 0 Å². The maximum atomic E-state index is 12.2. The largest absolute Gasteiger partial charge is 0.316 e. The highest BCUT2D eigenvalue weighted by atomic mass is 79.9. The van der Waals surface area contributed by atoms with Gasteiger partial charge in [-0.15, -0.1) is 0 Å². The standard InChI is InChI=1S/C7H4BrF2NO2/c8-6-4(2-12)3(7(9)10)1-5(13)11-6/h1-2,7H,(H,11,13). The lowest BCUT2D eigenvalue weighted by Gasteiger charge is -2.03. The lowest BCUT2D eigenvalue weighted by Crippen LogP contribution is -2.10. The molecular formula is C7H4BrF2NO2.